The van der Waals surface area contributed by atoms with Crippen LogP contribution in [0.3, 0.4) is 0 Å². The Morgan fingerprint density at radius 3 is 2.77 bits per heavy atom. The number of nitrogens with zero attached hydrogens (tertiary/aromatic N) is 1. The predicted molar refractivity (Wildman–Crippen MR) is 55.9 cm³/mol. The van der Waals surface area contributed by atoms with E-state index >= 15 is 0 Å². The third-order valence-corrected chi connectivity index (χ3v) is 3.64. The van der Waals surface area contributed by atoms with E-state index in [1.54, 1.807) is 0 Å². The van der Waals surface area contributed by atoms with Gasteiger partial charge in [0, 0.05) is 25.2 Å². The van der Waals surface area contributed by atoms with E-state index in [9.17, 15) is 0 Å². The van der Waals surface area contributed by atoms with Gasteiger partial charge in [-0.25, -0.2) is 0 Å². The van der Waals surface area contributed by atoms with Gasteiger partial charge in [0.1, 0.15) is 0 Å². The van der Waals surface area contributed by atoms with Gasteiger partial charge in [0.25, 0.3) is 0 Å². The first-order chi connectivity index (χ1) is 6.22. The molecule has 0 aromatic heterocycles. The third-order valence-electron chi connectivity index (χ3n) is 3.64. The Balaban J connectivity index is 1.73. The molecule has 0 bridgehead atoms. The highest BCUT2D eigenvalue weighted by atomic mass is 15.2. The summed E-state index contributed by atoms with van der Waals surface area (Å²) >= 11 is 0. The van der Waals surface area contributed by atoms with E-state index in [2.05, 4.69) is 24.1 Å². The normalized spacial score (nSPS) is 36.5. The molecule has 0 aromatic carbocycles. The van der Waals surface area contributed by atoms with Gasteiger partial charge < -0.3 is 10.2 Å². The largest absolute Gasteiger partial charge is 0.310 e. The van der Waals surface area contributed by atoms with E-state index in [-0.39, 0.29) is 0 Å². The highest BCUT2D eigenvalue weighted by Gasteiger charge is 2.34. The maximum Gasteiger partial charge on any atom is 0.0280 e. The van der Waals surface area contributed by atoms with E-state index in [0.29, 0.717) is 5.54 Å². The lowest BCUT2D eigenvalue weighted by atomic mass is 9.92. The first-order valence-corrected chi connectivity index (χ1v) is 5.69. The second-order valence-electron chi connectivity index (χ2n) is 5.06. The van der Waals surface area contributed by atoms with Crippen LogP contribution in [0.25, 0.3) is 0 Å². The van der Waals surface area contributed by atoms with Gasteiger partial charge in [0.15, 0.2) is 0 Å². The Morgan fingerprint density at radius 2 is 2.23 bits per heavy atom. The van der Waals surface area contributed by atoms with Crippen molar-refractivity contribution in [3.05, 3.63) is 0 Å². The Morgan fingerprint density at radius 1 is 1.46 bits per heavy atom. The average Bonchev–Trinajstić information content (AvgIpc) is 2.44. The Kier molecular flexibility index (Phi) is 2.61. The lowest BCUT2D eigenvalue weighted by Gasteiger charge is -2.43. The SMILES string of the molecule is CCC1CN(CC2(C)CCCN2)C1. The molecule has 13 heavy (non-hydrogen) atoms. The van der Waals surface area contributed by atoms with Crippen LogP contribution in [0.15, 0.2) is 0 Å². The van der Waals surface area contributed by atoms with Crippen molar-refractivity contribution in [2.45, 2.75) is 38.6 Å². The van der Waals surface area contributed by atoms with Crippen molar-refractivity contribution >= 4 is 0 Å². The van der Waals surface area contributed by atoms with Crippen molar-refractivity contribution in [3.8, 4) is 0 Å². The van der Waals surface area contributed by atoms with Crippen LogP contribution >= 0.6 is 0 Å². The second-order valence-corrected chi connectivity index (χ2v) is 5.06. The fraction of sp³-hybridized carbons (Fsp3) is 1.00. The van der Waals surface area contributed by atoms with Crippen LogP contribution in [0, 0.1) is 5.92 Å². The van der Waals surface area contributed by atoms with Crippen LogP contribution in [-0.4, -0.2) is 36.6 Å². The molecule has 0 spiro atoms. The van der Waals surface area contributed by atoms with Crippen LogP contribution in [0.5, 0.6) is 0 Å². The molecule has 0 aromatic rings. The smallest absolute Gasteiger partial charge is 0.0280 e. The van der Waals surface area contributed by atoms with Gasteiger partial charge in [-0.1, -0.05) is 13.3 Å². The number of hydrogen-bond donors (Lipinski definition) is 1. The number of rotatable bonds is 3. The summed E-state index contributed by atoms with van der Waals surface area (Å²) in [6.45, 7) is 9.85. The molecule has 0 saturated carbocycles. The van der Waals surface area contributed by atoms with E-state index < -0.39 is 0 Å². The monoisotopic (exact) mass is 182 g/mol. The molecule has 2 rings (SSSR count). The molecule has 2 aliphatic rings. The Labute approximate surface area is 81.7 Å². The van der Waals surface area contributed by atoms with Crippen LogP contribution in [0.2, 0.25) is 0 Å². The fourth-order valence-corrected chi connectivity index (χ4v) is 2.65. The molecule has 1 unspecified atom stereocenters. The van der Waals surface area contributed by atoms with Crippen LogP contribution in [0.1, 0.15) is 33.1 Å². The zero-order chi connectivity index (χ0) is 9.31. The summed E-state index contributed by atoms with van der Waals surface area (Å²) in [5.74, 6) is 0.991. The summed E-state index contributed by atoms with van der Waals surface area (Å²) in [7, 11) is 0. The van der Waals surface area contributed by atoms with Crippen LogP contribution in [0.4, 0.5) is 0 Å². The molecule has 2 heteroatoms. The minimum Gasteiger partial charge on any atom is -0.310 e. The molecule has 0 amide bonds. The van der Waals surface area contributed by atoms with Gasteiger partial charge in [-0.2, -0.15) is 0 Å². The molecule has 0 aliphatic carbocycles. The van der Waals surface area contributed by atoms with Crippen molar-refractivity contribution in [1.82, 2.24) is 10.2 Å². The van der Waals surface area contributed by atoms with Gasteiger partial charge in [0.05, 0.1) is 0 Å². The Bertz CT molecular complexity index is 167. The first kappa shape index (κ1) is 9.47. The first-order valence-electron chi connectivity index (χ1n) is 5.69. The van der Waals surface area contributed by atoms with Crippen LogP contribution < -0.4 is 5.32 Å². The number of hydrogen-bond acceptors (Lipinski definition) is 2. The molecular weight excluding hydrogens is 160 g/mol. The summed E-state index contributed by atoms with van der Waals surface area (Å²) in [6.07, 6.45) is 4.09. The predicted octanol–water partition coefficient (Wildman–Crippen LogP) is 1.47. The second kappa shape index (κ2) is 3.58. The van der Waals surface area contributed by atoms with Gasteiger partial charge in [0.2, 0.25) is 0 Å². The van der Waals surface area contributed by atoms with E-state index in [1.165, 1.54) is 45.4 Å². The molecule has 1 N–H and O–H groups in total. The maximum atomic E-state index is 3.62. The van der Waals surface area contributed by atoms with Gasteiger partial charge >= 0.3 is 0 Å². The van der Waals surface area contributed by atoms with E-state index in [0.717, 1.165) is 5.92 Å². The van der Waals surface area contributed by atoms with Gasteiger partial charge in [-0.15, -0.1) is 0 Å². The minimum atomic E-state index is 0.429. The topological polar surface area (TPSA) is 15.3 Å². The van der Waals surface area contributed by atoms with Crippen LogP contribution in [-0.2, 0) is 0 Å². The average molecular weight is 182 g/mol. The van der Waals surface area contributed by atoms with Gasteiger partial charge in [-0.05, 0) is 32.2 Å². The zero-order valence-electron chi connectivity index (χ0n) is 8.97. The molecule has 1 atom stereocenters. The molecule has 0 radical (unpaired) electrons. The molecular formula is C11H22N2. The van der Waals surface area contributed by atoms with Crippen molar-refractivity contribution in [1.29, 1.82) is 0 Å². The zero-order valence-corrected chi connectivity index (χ0v) is 8.97. The summed E-state index contributed by atoms with van der Waals surface area (Å²) in [5.41, 5.74) is 0.429. The summed E-state index contributed by atoms with van der Waals surface area (Å²) in [4.78, 5) is 2.60. The highest BCUT2D eigenvalue weighted by Crippen LogP contribution is 2.25. The molecule has 2 heterocycles. The highest BCUT2D eigenvalue weighted by molar-refractivity contribution is 4.94. The molecule has 2 nitrogen and oxygen atoms in total. The molecule has 2 aliphatic heterocycles. The summed E-state index contributed by atoms with van der Waals surface area (Å²) in [6, 6.07) is 0. The van der Waals surface area contributed by atoms with E-state index in [1.807, 2.05) is 0 Å². The number of likely N-dealkylation sites (tertiary alicyclic amines) is 1. The molecule has 76 valence electrons. The molecule has 2 fully saturated rings. The number of nitrogens with one attached hydrogen (secondary N) is 1. The Hall–Kier alpha value is -0.0800. The summed E-state index contributed by atoms with van der Waals surface area (Å²) < 4.78 is 0. The summed E-state index contributed by atoms with van der Waals surface area (Å²) in [5, 5.41) is 3.62. The van der Waals surface area contributed by atoms with E-state index in [4.69, 9.17) is 0 Å². The quantitative estimate of drug-likeness (QED) is 0.711. The lowest BCUT2D eigenvalue weighted by Crippen LogP contribution is -2.55. The van der Waals surface area contributed by atoms with Gasteiger partial charge in [-0.3, -0.25) is 0 Å². The minimum absolute atomic E-state index is 0.429. The fourth-order valence-electron chi connectivity index (χ4n) is 2.65. The van der Waals surface area contributed by atoms with Crippen molar-refractivity contribution in [2.75, 3.05) is 26.2 Å². The maximum absolute atomic E-state index is 3.62. The van der Waals surface area contributed by atoms with Crippen molar-refractivity contribution in [2.24, 2.45) is 5.92 Å². The van der Waals surface area contributed by atoms with Crippen molar-refractivity contribution < 1.29 is 0 Å². The van der Waals surface area contributed by atoms with Crippen molar-refractivity contribution in [3.63, 3.8) is 0 Å². The lowest BCUT2D eigenvalue weighted by molar-refractivity contribution is 0.0697. The molecule has 2 saturated heterocycles. The standard InChI is InChI=1S/C11H22N2/c1-3-10-7-13(8-10)9-11(2)5-4-6-12-11/h10,12H,3-9H2,1-2H3. The third kappa shape index (κ3) is 2.05.